The molecule has 4 rings (SSSR count). The number of aromatic nitrogens is 1. The fourth-order valence-corrected chi connectivity index (χ4v) is 4.88. The van der Waals surface area contributed by atoms with Crippen LogP contribution < -0.4 is 24.7 Å². The summed E-state index contributed by atoms with van der Waals surface area (Å²) in [4.78, 5) is 35.5. The second-order valence-electron chi connectivity index (χ2n) is 8.36. The Morgan fingerprint density at radius 2 is 1.85 bits per heavy atom. The highest BCUT2D eigenvalue weighted by Crippen LogP contribution is 2.31. The third kappa shape index (κ3) is 4.31. The lowest BCUT2D eigenvalue weighted by Gasteiger charge is -2.25. The van der Waals surface area contributed by atoms with Crippen molar-refractivity contribution in [1.82, 2.24) is 4.57 Å². The SMILES string of the molecule is CCOC(=O)C1=C(C)N=c2sc(=Cc3ccc(N(C)C)o3)c(=O)n2[C@H]1c1ccc(N(C)C)cc1. The largest absolute Gasteiger partial charge is 0.463 e. The maximum atomic E-state index is 13.6. The second-order valence-corrected chi connectivity index (χ2v) is 9.37. The lowest BCUT2D eigenvalue weighted by Crippen LogP contribution is -2.39. The van der Waals surface area contributed by atoms with Gasteiger partial charge in [0.05, 0.1) is 28.5 Å². The van der Waals surface area contributed by atoms with E-state index < -0.39 is 12.0 Å². The van der Waals surface area contributed by atoms with E-state index in [0.717, 1.165) is 11.3 Å². The first-order valence-electron chi connectivity index (χ1n) is 11.0. The zero-order valence-electron chi connectivity index (χ0n) is 20.2. The molecule has 34 heavy (non-hydrogen) atoms. The van der Waals surface area contributed by atoms with Crippen LogP contribution in [0.5, 0.6) is 0 Å². The van der Waals surface area contributed by atoms with Crippen LogP contribution in [-0.4, -0.2) is 45.3 Å². The minimum Gasteiger partial charge on any atom is -0.463 e. The summed E-state index contributed by atoms with van der Waals surface area (Å²) in [6.07, 6.45) is 1.71. The number of allylic oxidation sites excluding steroid dienone is 1. The van der Waals surface area contributed by atoms with Gasteiger partial charge in [-0.2, -0.15) is 0 Å². The van der Waals surface area contributed by atoms with Gasteiger partial charge in [0.1, 0.15) is 5.76 Å². The van der Waals surface area contributed by atoms with Crippen LogP contribution in [0.2, 0.25) is 0 Å². The van der Waals surface area contributed by atoms with Crippen molar-refractivity contribution in [3.05, 3.63) is 78.7 Å². The van der Waals surface area contributed by atoms with Crippen LogP contribution in [0.4, 0.5) is 11.6 Å². The van der Waals surface area contributed by atoms with E-state index in [9.17, 15) is 9.59 Å². The minimum absolute atomic E-state index is 0.234. The standard InChI is InChI=1S/C25H28N4O4S/c1-7-32-24(31)21-15(2)26-25-29(22(21)16-8-10-17(11-9-16)27(3)4)23(30)19(34-25)14-18-12-13-20(33-18)28(5)6/h8-14,22H,7H2,1-6H3/t22-/m0/s1. The van der Waals surface area contributed by atoms with Gasteiger partial charge in [-0.15, -0.1) is 0 Å². The Bertz CT molecular complexity index is 1420. The number of furan rings is 1. The van der Waals surface area contributed by atoms with Crippen molar-refractivity contribution >= 4 is 35.0 Å². The number of thiazole rings is 1. The fraction of sp³-hybridized carbons (Fsp3) is 0.320. The molecule has 3 aromatic rings. The molecule has 0 N–H and O–H groups in total. The number of carbonyl (C=O) groups excluding carboxylic acids is 1. The van der Waals surface area contributed by atoms with Crippen molar-refractivity contribution < 1.29 is 13.9 Å². The highest BCUT2D eigenvalue weighted by Gasteiger charge is 2.33. The number of benzene rings is 1. The molecule has 1 aromatic carbocycles. The molecule has 0 bridgehead atoms. The first-order valence-corrected chi connectivity index (χ1v) is 11.8. The maximum absolute atomic E-state index is 13.6. The molecular formula is C25H28N4O4S. The van der Waals surface area contributed by atoms with Crippen molar-refractivity contribution in [2.75, 3.05) is 44.6 Å². The van der Waals surface area contributed by atoms with Crippen LogP contribution in [0.25, 0.3) is 6.08 Å². The molecule has 0 spiro atoms. The maximum Gasteiger partial charge on any atom is 0.338 e. The lowest BCUT2D eigenvalue weighted by atomic mass is 9.95. The van der Waals surface area contributed by atoms with E-state index >= 15 is 0 Å². The number of nitrogens with zero attached hydrogens (tertiary/aromatic N) is 4. The Kier molecular flexibility index (Phi) is 6.47. The Balaban J connectivity index is 1.90. The molecule has 3 heterocycles. The van der Waals surface area contributed by atoms with Crippen LogP contribution in [0.1, 0.15) is 31.2 Å². The van der Waals surface area contributed by atoms with Gasteiger partial charge in [0, 0.05) is 46.0 Å². The van der Waals surface area contributed by atoms with E-state index in [-0.39, 0.29) is 12.2 Å². The minimum atomic E-state index is -0.636. The van der Waals surface area contributed by atoms with Gasteiger partial charge in [0.2, 0.25) is 0 Å². The number of hydrogen-bond donors (Lipinski definition) is 0. The van der Waals surface area contributed by atoms with Gasteiger partial charge in [0.25, 0.3) is 5.56 Å². The summed E-state index contributed by atoms with van der Waals surface area (Å²) in [5, 5.41) is 0. The van der Waals surface area contributed by atoms with Crippen LogP contribution in [0.3, 0.4) is 0 Å². The Labute approximate surface area is 201 Å². The number of esters is 1. The predicted octanol–water partition coefficient (Wildman–Crippen LogP) is 2.52. The molecule has 0 saturated carbocycles. The number of rotatable bonds is 6. The number of anilines is 2. The molecule has 0 fully saturated rings. The van der Waals surface area contributed by atoms with Crippen LogP contribution in [0, 0.1) is 0 Å². The summed E-state index contributed by atoms with van der Waals surface area (Å²) in [7, 11) is 7.70. The Morgan fingerprint density at radius 1 is 1.15 bits per heavy atom. The molecule has 9 heteroatoms. The molecule has 1 aliphatic rings. The summed E-state index contributed by atoms with van der Waals surface area (Å²) < 4.78 is 13.2. The predicted molar refractivity (Wildman–Crippen MR) is 134 cm³/mol. The molecule has 1 atom stereocenters. The van der Waals surface area contributed by atoms with Gasteiger partial charge in [-0.25, -0.2) is 9.79 Å². The van der Waals surface area contributed by atoms with Crippen LogP contribution in [0.15, 0.2) is 61.9 Å². The summed E-state index contributed by atoms with van der Waals surface area (Å²) in [6.45, 7) is 3.77. The quantitative estimate of drug-likeness (QED) is 0.505. The highest BCUT2D eigenvalue weighted by atomic mass is 32.1. The van der Waals surface area contributed by atoms with Gasteiger partial charge in [0.15, 0.2) is 10.7 Å². The number of ether oxygens (including phenoxy) is 1. The summed E-state index contributed by atoms with van der Waals surface area (Å²) >= 11 is 1.27. The average molecular weight is 481 g/mol. The molecule has 0 saturated heterocycles. The van der Waals surface area contributed by atoms with Crippen molar-refractivity contribution in [2.24, 2.45) is 4.99 Å². The first-order chi connectivity index (χ1) is 16.2. The molecule has 0 aliphatic carbocycles. The van der Waals surface area contributed by atoms with E-state index in [0.29, 0.717) is 32.2 Å². The van der Waals surface area contributed by atoms with Crippen LogP contribution in [-0.2, 0) is 9.53 Å². The number of fused-ring (bicyclic) bond motifs is 1. The van der Waals surface area contributed by atoms with Gasteiger partial charge >= 0.3 is 5.97 Å². The van der Waals surface area contributed by atoms with Gasteiger partial charge in [-0.1, -0.05) is 23.5 Å². The normalized spacial score (nSPS) is 15.7. The molecule has 178 valence electrons. The highest BCUT2D eigenvalue weighted by molar-refractivity contribution is 7.07. The molecule has 2 aromatic heterocycles. The Hall–Kier alpha value is -3.59. The third-order valence-electron chi connectivity index (χ3n) is 5.57. The van der Waals surface area contributed by atoms with Crippen molar-refractivity contribution in [3.63, 3.8) is 0 Å². The Morgan fingerprint density at radius 3 is 2.44 bits per heavy atom. The average Bonchev–Trinajstić information content (AvgIpc) is 3.38. The molecule has 0 radical (unpaired) electrons. The van der Waals surface area contributed by atoms with Gasteiger partial charge in [-0.3, -0.25) is 9.36 Å². The van der Waals surface area contributed by atoms with Crippen molar-refractivity contribution in [1.29, 1.82) is 0 Å². The van der Waals surface area contributed by atoms with Crippen molar-refractivity contribution in [2.45, 2.75) is 19.9 Å². The summed E-state index contributed by atoms with van der Waals surface area (Å²) in [6, 6.07) is 10.8. The second kappa shape index (κ2) is 9.34. The van der Waals surface area contributed by atoms with E-state index in [4.69, 9.17) is 9.15 Å². The molecule has 0 amide bonds. The van der Waals surface area contributed by atoms with Crippen molar-refractivity contribution in [3.8, 4) is 0 Å². The van der Waals surface area contributed by atoms with E-state index in [2.05, 4.69) is 4.99 Å². The first kappa shape index (κ1) is 23.6. The number of hydrogen-bond acceptors (Lipinski definition) is 8. The zero-order valence-corrected chi connectivity index (χ0v) is 21.0. The summed E-state index contributed by atoms with van der Waals surface area (Å²) in [5.41, 5.74) is 2.50. The molecule has 0 unspecified atom stereocenters. The van der Waals surface area contributed by atoms with Gasteiger partial charge in [-0.05, 0) is 37.6 Å². The molecular weight excluding hydrogens is 452 g/mol. The monoisotopic (exact) mass is 480 g/mol. The molecule has 1 aliphatic heterocycles. The fourth-order valence-electron chi connectivity index (χ4n) is 3.85. The number of carbonyl (C=O) groups is 1. The lowest BCUT2D eigenvalue weighted by molar-refractivity contribution is -0.139. The van der Waals surface area contributed by atoms with E-state index in [1.165, 1.54) is 11.3 Å². The van der Waals surface area contributed by atoms with Gasteiger partial charge < -0.3 is 19.0 Å². The zero-order chi connectivity index (χ0) is 24.6. The molecule has 8 nitrogen and oxygen atoms in total. The third-order valence-corrected chi connectivity index (χ3v) is 6.55. The van der Waals surface area contributed by atoms with Crippen LogP contribution >= 0.6 is 11.3 Å². The summed E-state index contributed by atoms with van der Waals surface area (Å²) in [5.74, 6) is 0.793. The van der Waals surface area contributed by atoms with E-state index in [1.807, 2.05) is 74.4 Å². The topological polar surface area (TPSA) is 80.3 Å². The van der Waals surface area contributed by atoms with E-state index in [1.54, 1.807) is 24.5 Å². The smallest absolute Gasteiger partial charge is 0.338 e.